The van der Waals surface area contributed by atoms with Crippen molar-refractivity contribution in [2.45, 2.75) is 19.4 Å². The summed E-state index contributed by atoms with van der Waals surface area (Å²) < 4.78 is 13.1. The fraction of sp³-hybridized carbons (Fsp3) is 0.231. The maximum atomic E-state index is 13.1. The van der Waals surface area contributed by atoms with Gasteiger partial charge in [-0.05, 0) is 24.6 Å². The highest BCUT2D eigenvalue weighted by molar-refractivity contribution is 7.09. The number of carboxylic acid groups (broad SMARTS) is 1. The van der Waals surface area contributed by atoms with Crippen molar-refractivity contribution in [1.82, 2.24) is 4.98 Å². The van der Waals surface area contributed by atoms with E-state index in [9.17, 15) is 9.18 Å². The van der Waals surface area contributed by atoms with Gasteiger partial charge in [-0.1, -0.05) is 6.92 Å². The first-order chi connectivity index (χ1) is 9.11. The van der Waals surface area contributed by atoms with Gasteiger partial charge in [-0.25, -0.2) is 14.2 Å². The zero-order valence-electron chi connectivity index (χ0n) is 10.3. The van der Waals surface area contributed by atoms with Gasteiger partial charge in [-0.15, -0.1) is 11.3 Å². The fourth-order valence-electron chi connectivity index (χ4n) is 1.75. The SMILES string of the molecule is CCC(Nc1ccc(F)cc1C(=O)O)c1nccs1. The number of hydrogen-bond donors (Lipinski definition) is 2. The van der Waals surface area contributed by atoms with E-state index in [0.29, 0.717) is 5.69 Å². The van der Waals surface area contributed by atoms with Crippen molar-refractivity contribution < 1.29 is 14.3 Å². The highest BCUT2D eigenvalue weighted by Crippen LogP contribution is 2.26. The predicted octanol–water partition coefficient (Wildman–Crippen LogP) is 3.54. The Labute approximate surface area is 113 Å². The quantitative estimate of drug-likeness (QED) is 0.879. The lowest BCUT2D eigenvalue weighted by Crippen LogP contribution is -2.13. The molecule has 0 aliphatic rings. The molecule has 0 fully saturated rings. The fourth-order valence-corrected chi connectivity index (χ4v) is 2.52. The van der Waals surface area contributed by atoms with Gasteiger partial charge in [0.2, 0.25) is 0 Å². The Bertz CT molecular complexity index is 572. The van der Waals surface area contributed by atoms with Crippen molar-refractivity contribution in [3.05, 3.63) is 46.2 Å². The molecule has 2 rings (SSSR count). The van der Waals surface area contributed by atoms with Crippen LogP contribution in [0.15, 0.2) is 29.8 Å². The van der Waals surface area contributed by atoms with E-state index in [1.165, 1.54) is 23.5 Å². The molecule has 0 radical (unpaired) electrons. The van der Waals surface area contributed by atoms with E-state index >= 15 is 0 Å². The maximum Gasteiger partial charge on any atom is 0.337 e. The molecular formula is C13H13FN2O2S. The normalized spacial score (nSPS) is 12.1. The van der Waals surface area contributed by atoms with Crippen LogP contribution < -0.4 is 5.32 Å². The number of thiazole rings is 1. The van der Waals surface area contributed by atoms with Crippen molar-refractivity contribution >= 4 is 23.0 Å². The summed E-state index contributed by atoms with van der Waals surface area (Å²) >= 11 is 1.50. The molecule has 6 heteroatoms. The number of aromatic carboxylic acids is 1. The molecule has 0 aliphatic heterocycles. The summed E-state index contributed by atoms with van der Waals surface area (Å²) in [6, 6.07) is 3.61. The molecule has 2 aromatic rings. The van der Waals surface area contributed by atoms with Gasteiger partial charge in [0.25, 0.3) is 0 Å². The van der Waals surface area contributed by atoms with Crippen LogP contribution in [0.4, 0.5) is 10.1 Å². The van der Waals surface area contributed by atoms with Gasteiger partial charge in [0, 0.05) is 17.3 Å². The third-order valence-corrected chi connectivity index (χ3v) is 3.59. The highest BCUT2D eigenvalue weighted by atomic mass is 32.1. The molecule has 1 atom stereocenters. The van der Waals surface area contributed by atoms with Crippen LogP contribution >= 0.6 is 11.3 Å². The second kappa shape index (κ2) is 5.79. The van der Waals surface area contributed by atoms with Crippen LogP contribution in [0.25, 0.3) is 0 Å². The summed E-state index contributed by atoms with van der Waals surface area (Å²) in [6.45, 7) is 1.98. The van der Waals surface area contributed by atoms with E-state index < -0.39 is 11.8 Å². The zero-order chi connectivity index (χ0) is 13.8. The topological polar surface area (TPSA) is 62.2 Å². The van der Waals surface area contributed by atoms with Gasteiger partial charge in [-0.3, -0.25) is 0 Å². The lowest BCUT2D eigenvalue weighted by molar-refractivity contribution is 0.0697. The summed E-state index contributed by atoms with van der Waals surface area (Å²) in [4.78, 5) is 15.3. The first kappa shape index (κ1) is 13.5. The molecule has 1 aromatic heterocycles. The monoisotopic (exact) mass is 280 g/mol. The third kappa shape index (κ3) is 3.08. The van der Waals surface area contributed by atoms with E-state index in [1.54, 1.807) is 6.20 Å². The molecule has 0 spiro atoms. The summed E-state index contributed by atoms with van der Waals surface area (Å²) in [6.07, 6.45) is 2.46. The van der Waals surface area contributed by atoms with Crippen LogP contribution in [0.3, 0.4) is 0 Å². The zero-order valence-corrected chi connectivity index (χ0v) is 11.1. The molecule has 4 nitrogen and oxygen atoms in total. The van der Waals surface area contributed by atoms with Gasteiger partial charge in [0.15, 0.2) is 0 Å². The summed E-state index contributed by atoms with van der Waals surface area (Å²) in [5, 5.41) is 14.9. The van der Waals surface area contributed by atoms with Crippen LogP contribution in [0, 0.1) is 5.82 Å². The number of halogens is 1. The molecule has 1 aromatic carbocycles. The van der Waals surface area contributed by atoms with E-state index in [2.05, 4.69) is 10.3 Å². The number of anilines is 1. The Morgan fingerprint density at radius 2 is 2.37 bits per heavy atom. The van der Waals surface area contributed by atoms with Crippen molar-refractivity contribution in [2.75, 3.05) is 5.32 Å². The second-order valence-corrected chi connectivity index (χ2v) is 4.90. The predicted molar refractivity (Wildman–Crippen MR) is 72.1 cm³/mol. The number of carboxylic acids is 1. The minimum Gasteiger partial charge on any atom is -0.478 e. The Hall–Kier alpha value is -1.95. The molecule has 1 unspecified atom stereocenters. The average molecular weight is 280 g/mol. The molecular weight excluding hydrogens is 267 g/mol. The standard InChI is InChI=1S/C13H13FN2O2S/c1-2-10(12-15-5-6-19-12)16-11-4-3-8(14)7-9(11)13(17)18/h3-7,10,16H,2H2,1H3,(H,17,18). The van der Waals surface area contributed by atoms with Gasteiger partial charge in [0.1, 0.15) is 10.8 Å². The van der Waals surface area contributed by atoms with Crippen LogP contribution in [0.2, 0.25) is 0 Å². The Kier molecular flexibility index (Phi) is 4.11. The lowest BCUT2D eigenvalue weighted by atomic mass is 10.1. The van der Waals surface area contributed by atoms with E-state index in [4.69, 9.17) is 5.11 Å². The maximum absolute atomic E-state index is 13.1. The van der Waals surface area contributed by atoms with Crippen LogP contribution in [0.1, 0.15) is 34.8 Å². The number of hydrogen-bond acceptors (Lipinski definition) is 4. The second-order valence-electron chi connectivity index (χ2n) is 3.97. The first-order valence-electron chi connectivity index (χ1n) is 5.80. The number of benzene rings is 1. The van der Waals surface area contributed by atoms with Crippen molar-refractivity contribution in [3.63, 3.8) is 0 Å². The summed E-state index contributed by atoms with van der Waals surface area (Å²) in [5.41, 5.74) is 0.325. The number of nitrogens with zero attached hydrogens (tertiary/aromatic N) is 1. The molecule has 0 bridgehead atoms. The largest absolute Gasteiger partial charge is 0.478 e. The molecule has 0 saturated heterocycles. The first-order valence-corrected chi connectivity index (χ1v) is 6.68. The molecule has 0 saturated carbocycles. The minimum absolute atomic E-state index is 0.0741. The Morgan fingerprint density at radius 1 is 1.58 bits per heavy atom. The van der Waals surface area contributed by atoms with Crippen LogP contribution in [0.5, 0.6) is 0 Å². The van der Waals surface area contributed by atoms with Crippen LogP contribution in [-0.4, -0.2) is 16.1 Å². The minimum atomic E-state index is -1.16. The smallest absolute Gasteiger partial charge is 0.337 e. The molecule has 100 valence electrons. The van der Waals surface area contributed by atoms with Crippen molar-refractivity contribution in [2.24, 2.45) is 0 Å². The molecule has 0 aliphatic carbocycles. The molecule has 1 heterocycles. The molecule has 0 amide bonds. The average Bonchev–Trinajstić information content (AvgIpc) is 2.90. The molecule has 19 heavy (non-hydrogen) atoms. The van der Waals surface area contributed by atoms with Gasteiger partial charge < -0.3 is 10.4 Å². The van der Waals surface area contributed by atoms with Gasteiger partial charge in [0.05, 0.1) is 11.6 Å². The molecule has 2 N–H and O–H groups in total. The number of carbonyl (C=O) groups is 1. The van der Waals surface area contributed by atoms with E-state index in [1.807, 2.05) is 12.3 Å². The Balaban J connectivity index is 2.29. The lowest BCUT2D eigenvalue weighted by Gasteiger charge is -2.17. The Morgan fingerprint density at radius 3 is 2.95 bits per heavy atom. The van der Waals surface area contributed by atoms with Gasteiger partial charge >= 0.3 is 5.97 Å². The van der Waals surface area contributed by atoms with Gasteiger partial charge in [-0.2, -0.15) is 0 Å². The van der Waals surface area contributed by atoms with E-state index in [0.717, 1.165) is 17.5 Å². The number of nitrogens with one attached hydrogen (secondary N) is 1. The highest BCUT2D eigenvalue weighted by Gasteiger charge is 2.17. The number of rotatable bonds is 5. The van der Waals surface area contributed by atoms with Crippen molar-refractivity contribution in [3.8, 4) is 0 Å². The van der Waals surface area contributed by atoms with Crippen molar-refractivity contribution in [1.29, 1.82) is 0 Å². The van der Waals surface area contributed by atoms with E-state index in [-0.39, 0.29) is 11.6 Å². The summed E-state index contributed by atoms with van der Waals surface area (Å²) in [5.74, 6) is -1.72. The third-order valence-electron chi connectivity index (χ3n) is 2.70. The summed E-state index contributed by atoms with van der Waals surface area (Å²) in [7, 11) is 0. The van der Waals surface area contributed by atoms with Crippen LogP contribution in [-0.2, 0) is 0 Å². The number of aromatic nitrogens is 1.